The van der Waals surface area contributed by atoms with Crippen LogP contribution in [0.4, 0.5) is 0 Å². The van der Waals surface area contributed by atoms with E-state index in [4.69, 9.17) is 4.98 Å². The second kappa shape index (κ2) is 4.93. The minimum absolute atomic E-state index is 0.0300. The highest BCUT2D eigenvalue weighted by Crippen LogP contribution is 2.36. The summed E-state index contributed by atoms with van der Waals surface area (Å²) in [6.07, 6.45) is 3.90. The number of amides is 1. The van der Waals surface area contributed by atoms with E-state index in [0.29, 0.717) is 13.0 Å². The minimum atomic E-state index is -0.0566. The molecule has 1 atom stereocenters. The number of carbonyl (C=O) groups is 1. The predicted molar refractivity (Wildman–Crippen MR) is 80.0 cm³/mol. The molecule has 1 aromatic carbocycles. The predicted octanol–water partition coefficient (Wildman–Crippen LogP) is 3.38. The fourth-order valence-electron chi connectivity index (χ4n) is 2.78. The zero-order chi connectivity index (χ0) is 14.1. The molecule has 0 spiro atoms. The van der Waals surface area contributed by atoms with E-state index in [1.807, 2.05) is 35.2 Å². The molecule has 1 aromatic heterocycles. The number of hydrogen-bond acceptors (Lipinski definition) is 2. The number of benzene rings is 1. The third-order valence-electron chi connectivity index (χ3n) is 3.72. The van der Waals surface area contributed by atoms with Crippen LogP contribution in [-0.2, 0) is 11.3 Å². The summed E-state index contributed by atoms with van der Waals surface area (Å²) in [5.74, 6) is -0.0566. The zero-order valence-corrected chi connectivity index (χ0v) is 11.2. The molecule has 0 bridgehead atoms. The van der Waals surface area contributed by atoms with Gasteiger partial charge in [-0.1, -0.05) is 30.9 Å². The molecule has 3 rings (SSSR count). The molecule has 100 valence electrons. The van der Waals surface area contributed by atoms with Gasteiger partial charge in [-0.25, -0.2) is 0 Å². The molecule has 1 aliphatic heterocycles. The Balaban J connectivity index is 2.12. The Bertz CT molecular complexity index is 705. The van der Waals surface area contributed by atoms with Crippen molar-refractivity contribution < 1.29 is 4.79 Å². The number of nitrogens with zero attached hydrogens (tertiary/aromatic N) is 2. The highest BCUT2D eigenvalue weighted by Gasteiger charge is 2.33. The molecule has 0 saturated carbocycles. The van der Waals surface area contributed by atoms with Crippen molar-refractivity contribution in [3.63, 3.8) is 0 Å². The number of hydrogen-bond donors (Lipinski definition) is 0. The van der Waals surface area contributed by atoms with Gasteiger partial charge in [0.15, 0.2) is 0 Å². The van der Waals surface area contributed by atoms with Gasteiger partial charge in [-0.05, 0) is 30.2 Å². The zero-order valence-electron chi connectivity index (χ0n) is 11.2. The lowest BCUT2D eigenvalue weighted by atomic mass is 10.1. The van der Waals surface area contributed by atoms with Gasteiger partial charge in [-0.2, -0.15) is 0 Å². The number of aromatic nitrogens is 1. The minimum Gasteiger partial charge on any atom is -0.326 e. The average Bonchev–Trinajstić information content (AvgIpc) is 2.82. The summed E-state index contributed by atoms with van der Waals surface area (Å²) in [6, 6.07) is 10.1. The van der Waals surface area contributed by atoms with Gasteiger partial charge in [-0.3, -0.25) is 9.78 Å². The second-order valence-electron chi connectivity index (χ2n) is 4.94. The number of para-hydroxylation sites is 1. The molecule has 2 heterocycles. The number of rotatable bonds is 3. The van der Waals surface area contributed by atoms with Gasteiger partial charge in [0.05, 0.1) is 17.3 Å². The van der Waals surface area contributed by atoms with Gasteiger partial charge < -0.3 is 4.90 Å². The third kappa shape index (κ3) is 1.92. The first-order valence-electron chi connectivity index (χ1n) is 6.67. The molecule has 3 heteroatoms. The molecule has 0 fully saturated rings. The largest absolute Gasteiger partial charge is 0.326 e. The van der Waals surface area contributed by atoms with Crippen molar-refractivity contribution in [2.75, 3.05) is 0 Å². The maximum Gasteiger partial charge on any atom is 0.246 e. The Hall–Kier alpha value is -2.42. The SMILES string of the molecule is C=CCC1c2nc3ccccc3cc2CN1C(=O)C=C. The average molecular weight is 264 g/mol. The molecule has 1 unspecified atom stereocenters. The van der Waals surface area contributed by atoms with Crippen LogP contribution in [0, 0.1) is 0 Å². The lowest BCUT2D eigenvalue weighted by molar-refractivity contribution is -0.128. The van der Waals surface area contributed by atoms with E-state index in [-0.39, 0.29) is 11.9 Å². The van der Waals surface area contributed by atoms with Gasteiger partial charge in [-0.15, -0.1) is 6.58 Å². The van der Waals surface area contributed by atoms with Crippen molar-refractivity contribution in [1.82, 2.24) is 9.88 Å². The quantitative estimate of drug-likeness (QED) is 0.629. The van der Waals surface area contributed by atoms with Gasteiger partial charge >= 0.3 is 0 Å². The number of fused-ring (bicyclic) bond motifs is 2. The molecule has 0 saturated heterocycles. The highest BCUT2D eigenvalue weighted by molar-refractivity contribution is 5.88. The van der Waals surface area contributed by atoms with Crippen LogP contribution in [0.25, 0.3) is 10.9 Å². The van der Waals surface area contributed by atoms with Crippen LogP contribution in [0.1, 0.15) is 23.7 Å². The van der Waals surface area contributed by atoms with Crippen LogP contribution >= 0.6 is 0 Å². The van der Waals surface area contributed by atoms with Crippen molar-refractivity contribution in [2.45, 2.75) is 19.0 Å². The molecule has 0 N–H and O–H groups in total. The summed E-state index contributed by atoms with van der Waals surface area (Å²) in [7, 11) is 0. The molecule has 2 aromatic rings. The van der Waals surface area contributed by atoms with E-state index >= 15 is 0 Å². The van der Waals surface area contributed by atoms with Crippen LogP contribution in [0.2, 0.25) is 0 Å². The van der Waals surface area contributed by atoms with Crippen molar-refractivity contribution in [2.24, 2.45) is 0 Å². The van der Waals surface area contributed by atoms with Crippen LogP contribution in [0.15, 0.2) is 55.6 Å². The fourth-order valence-corrected chi connectivity index (χ4v) is 2.78. The van der Waals surface area contributed by atoms with Gasteiger partial charge in [0, 0.05) is 11.9 Å². The van der Waals surface area contributed by atoms with E-state index in [2.05, 4.69) is 19.2 Å². The summed E-state index contributed by atoms with van der Waals surface area (Å²) in [5.41, 5.74) is 3.07. The maximum absolute atomic E-state index is 12.0. The molecule has 1 amide bonds. The van der Waals surface area contributed by atoms with E-state index < -0.39 is 0 Å². The summed E-state index contributed by atoms with van der Waals surface area (Å²) in [4.78, 5) is 18.6. The Morgan fingerprint density at radius 2 is 2.20 bits per heavy atom. The molecular weight excluding hydrogens is 248 g/mol. The maximum atomic E-state index is 12.0. The van der Waals surface area contributed by atoms with Crippen LogP contribution in [0.5, 0.6) is 0 Å². The van der Waals surface area contributed by atoms with E-state index in [9.17, 15) is 4.79 Å². The normalized spacial score (nSPS) is 17.0. The van der Waals surface area contributed by atoms with Crippen LogP contribution in [-0.4, -0.2) is 15.8 Å². The lowest BCUT2D eigenvalue weighted by Gasteiger charge is -2.22. The Kier molecular flexibility index (Phi) is 3.11. The second-order valence-corrected chi connectivity index (χ2v) is 4.94. The fraction of sp³-hybridized carbons (Fsp3) is 0.176. The monoisotopic (exact) mass is 264 g/mol. The van der Waals surface area contributed by atoms with Gasteiger partial charge in [0.25, 0.3) is 0 Å². The summed E-state index contributed by atoms with van der Waals surface area (Å²) < 4.78 is 0. The van der Waals surface area contributed by atoms with Crippen molar-refractivity contribution in [3.05, 3.63) is 66.9 Å². The number of carbonyl (C=O) groups excluding carboxylic acids is 1. The Morgan fingerprint density at radius 1 is 1.40 bits per heavy atom. The van der Waals surface area contributed by atoms with Crippen molar-refractivity contribution in [3.8, 4) is 0 Å². The standard InChI is InChI=1S/C17H16N2O/c1-3-7-15-17-13(11-19(15)16(20)4-2)10-12-8-5-6-9-14(12)18-17/h3-6,8-10,15H,1-2,7,11H2. The Morgan fingerprint density at radius 3 is 2.95 bits per heavy atom. The van der Waals surface area contributed by atoms with Gasteiger partial charge in [0.2, 0.25) is 5.91 Å². The highest BCUT2D eigenvalue weighted by atomic mass is 16.2. The summed E-state index contributed by atoms with van der Waals surface area (Å²) in [5, 5.41) is 1.11. The first-order valence-corrected chi connectivity index (χ1v) is 6.67. The molecule has 20 heavy (non-hydrogen) atoms. The van der Waals surface area contributed by atoms with Crippen LogP contribution in [0.3, 0.4) is 0 Å². The first-order chi connectivity index (χ1) is 9.74. The van der Waals surface area contributed by atoms with Crippen molar-refractivity contribution >= 4 is 16.8 Å². The van der Waals surface area contributed by atoms with E-state index in [1.54, 1.807) is 0 Å². The van der Waals surface area contributed by atoms with Crippen molar-refractivity contribution in [1.29, 1.82) is 0 Å². The molecule has 3 nitrogen and oxygen atoms in total. The summed E-state index contributed by atoms with van der Waals surface area (Å²) >= 11 is 0. The lowest BCUT2D eigenvalue weighted by Crippen LogP contribution is -2.27. The van der Waals surface area contributed by atoms with E-state index in [0.717, 1.165) is 22.2 Å². The van der Waals surface area contributed by atoms with Crippen LogP contribution < -0.4 is 0 Å². The number of pyridine rings is 1. The Labute approximate surface area is 118 Å². The smallest absolute Gasteiger partial charge is 0.246 e. The van der Waals surface area contributed by atoms with E-state index in [1.165, 1.54) is 6.08 Å². The summed E-state index contributed by atoms with van der Waals surface area (Å²) in [6.45, 7) is 7.96. The first kappa shape index (κ1) is 12.6. The molecule has 0 aliphatic carbocycles. The third-order valence-corrected chi connectivity index (χ3v) is 3.72. The topological polar surface area (TPSA) is 33.2 Å². The molecule has 0 radical (unpaired) electrons. The van der Waals surface area contributed by atoms with Gasteiger partial charge in [0.1, 0.15) is 0 Å². The molecular formula is C17H16N2O. The molecule has 1 aliphatic rings.